The third-order valence-corrected chi connectivity index (χ3v) is 0. The summed E-state index contributed by atoms with van der Waals surface area (Å²) in [7, 11) is 0. The third-order valence-electron chi connectivity index (χ3n) is 0. The van der Waals surface area contributed by atoms with Crippen LogP contribution in [0, 0.1) is 0 Å². The van der Waals surface area contributed by atoms with Gasteiger partial charge in [-0.2, -0.15) is 0 Å². The maximum Gasteiger partial charge on any atom is 3.00 e. The molecule has 0 aromatic rings. The standard InChI is InChI=1S/2Au.2Fe.3O/q;;2*+3;3*-2. The fraction of sp³-hybridized carbons (Fsp3) is 0. The molecular formula is Au2Fe2O3. The van der Waals surface area contributed by atoms with E-state index in [1.165, 1.54) is 0 Å². The van der Waals surface area contributed by atoms with Gasteiger partial charge in [0.2, 0.25) is 0 Å². The smallest absolute Gasteiger partial charge is 2.00 e. The van der Waals surface area contributed by atoms with Crippen LogP contribution in [0.4, 0.5) is 0 Å². The Balaban J connectivity index is 0. The van der Waals surface area contributed by atoms with Crippen molar-refractivity contribution >= 4 is 0 Å². The molecule has 0 spiro atoms. The van der Waals surface area contributed by atoms with Crippen molar-refractivity contribution in [1.29, 1.82) is 0 Å². The molecule has 0 aliphatic rings. The zero-order valence-corrected chi connectivity index (χ0v) is 9.08. The first-order valence-corrected chi connectivity index (χ1v) is 0. The number of rotatable bonds is 0. The molecule has 0 heterocycles. The monoisotopic (exact) mass is 554 g/mol. The molecule has 7 heteroatoms. The minimum atomic E-state index is 0. The van der Waals surface area contributed by atoms with Crippen LogP contribution in [0.25, 0.3) is 0 Å². The van der Waals surface area contributed by atoms with Crippen molar-refractivity contribution in [2.75, 3.05) is 0 Å². The molecule has 0 saturated heterocycles. The van der Waals surface area contributed by atoms with Crippen LogP contribution in [0.15, 0.2) is 0 Å². The van der Waals surface area contributed by atoms with Crippen molar-refractivity contribution in [2.45, 2.75) is 0 Å². The fourth-order valence-electron chi connectivity index (χ4n) is 0. The van der Waals surface area contributed by atoms with E-state index in [1.54, 1.807) is 0 Å². The summed E-state index contributed by atoms with van der Waals surface area (Å²) < 4.78 is 0. The van der Waals surface area contributed by atoms with Gasteiger partial charge in [0.15, 0.2) is 0 Å². The largest absolute Gasteiger partial charge is 3.00 e. The zero-order chi connectivity index (χ0) is 0. The molecule has 0 unspecified atom stereocenters. The van der Waals surface area contributed by atoms with E-state index in [4.69, 9.17) is 0 Å². The molecule has 4 radical (unpaired) electrons. The van der Waals surface area contributed by atoms with Gasteiger partial charge in [0.25, 0.3) is 0 Å². The van der Waals surface area contributed by atoms with Gasteiger partial charge < -0.3 is 16.4 Å². The number of hydrogen-bond donors (Lipinski definition) is 0. The van der Waals surface area contributed by atoms with Crippen LogP contribution in [0.3, 0.4) is 0 Å². The Morgan fingerprint density at radius 1 is 0.429 bits per heavy atom. The van der Waals surface area contributed by atoms with Crippen LogP contribution < -0.4 is 0 Å². The summed E-state index contributed by atoms with van der Waals surface area (Å²) >= 11 is 0. The molecule has 0 rings (SSSR count). The van der Waals surface area contributed by atoms with E-state index >= 15 is 0 Å². The first kappa shape index (κ1) is 115. The Bertz CT molecular complexity index is 10.9. The Kier molecular flexibility index (Phi) is 1310. The summed E-state index contributed by atoms with van der Waals surface area (Å²) in [6, 6.07) is 0. The van der Waals surface area contributed by atoms with Crippen LogP contribution >= 0.6 is 0 Å². The molecule has 0 amide bonds. The van der Waals surface area contributed by atoms with Crippen molar-refractivity contribution < 1.29 is 95.3 Å². The van der Waals surface area contributed by atoms with Gasteiger partial charge in [-0.1, -0.05) is 0 Å². The molecule has 0 aliphatic heterocycles. The van der Waals surface area contributed by atoms with Gasteiger partial charge in [0.1, 0.15) is 0 Å². The molecule has 0 atom stereocenters. The summed E-state index contributed by atoms with van der Waals surface area (Å²) in [5.74, 6) is 0. The molecular weight excluding hydrogens is 554 g/mol. The van der Waals surface area contributed by atoms with Gasteiger partial charge in [-0.15, -0.1) is 0 Å². The maximum atomic E-state index is 0. The van der Waals surface area contributed by atoms with Crippen molar-refractivity contribution in [3.63, 3.8) is 0 Å². The van der Waals surface area contributed by atoms with Crippen LogP contribution in [0.5, 0.6) is 0 Å². The first-order valence-electron chi connectivity index (χ1n) is 0. The van der Waals surface area contributed by atoms with Gasteiger partial charge in [-0.25, -0.2) is 0 Å². The summed E-state index contributed by atoms with van der Waals surface area (Å²) in [5.41, 5.74) is 0. The normalized spacial score (nSPS) is 0. The average Bonchev–Trinajstić information content (AvgIpc) is 0. The molecule has 0 N–H and O–H groups in total. The Hall–Kier alpha value is 2.40. The molecule has 3 nitrogen and oxygen atoms in total. The molecule has 0 fully saturated rings. The summed E-state index contributed by atoms with van der Waals surface area (Å²) in [6.07, 6.45) is 0. The predicted molar refractivity (Wildman–Crippen MR) is 2.06 cm³/mol. The zero-order valence-electron chi connectivity index (χ0n) is 2.53. The molecule has 56 valence electrons. The van der Waals surface area contributed by atoms with Gasteiger partial charge in [-0.3, -0.25) is 0 Å². The topological polar surface area (TPSA) is 85.5 Å². The minimum absolute atomic E-state index is 0. The van der Waals surface area contributed by atoms with Crippen LogP contribution in [0.2, 0.25) is 0 Å². The van der Waals surface area contributed by atoms with E-state index in [1.807, 2.05) is 0 Å². The number of hydrogen-bond acceptors (Lipinski definition) is 0. The fourth-order valence-corrected chi connectivity index (χ4v) is 0. The predicted octanol–water partition coefficient (Wildman–Crippen LogP) is -0.366. The Morgan fingerprint density at radius 2 is 0.429 bits per heavy atom. The minimum Gasteiger partial charge on any atom is -2.00 e. The van der Waals surface area contributed by atoms with Gasteiger partial charge in [0.05, 0.1) is 0 Å². The van der Waals surface area contributed by atoms with E-state index in [9.17, 15) is 0 Å². The first-order chi connectivity index (χ1) is 0. The SMILES string of the molecule is [Au].[Au].[Fe+3].[Fe+3].[O-2].[O-2].[O-2]. The summed E-state index contributed by atoms with van der Waals surface area (Å²) in [6.45, 7) is 0. The van der Waals surface area contributed by atoms with E-state index < -0.39 is 0 Å². The van der Waals surface area contributed by atoms with Crippen molar-refractivity contribution in [3.8, 4) is 0 Å². The van der Waals surface area contributed by atoms with E-state index in [2.05, 4.69) is 0 Å². The molecule has 7 heavy (non-hydrogen) atoms. The van der Waals surface area contributed by atoms with E-state index in [-0.39, 0.29) is 95.3 Å². The maximum absolute atomic E-state index is 0. The van der Waals surface area contributed by atoms with Crippen molar-refractivity contribution in [1.82, 2.24) is 0 Å². The van der Waals surface area contributed by atoms with Crippen molar-refractivity contribution in [2.24, 2.45) is 0 Å². The molecule has 0 aromatic carbocycles. The second-order valence-corrected chi connectivity index (χ2v) is 0. The molecule has 0 aromatic heterocycles. The summed E-state index contributed by atoms with van der Waals surface area (Å²) in [4.78, 5) is 0. The summed E-state index contributed by atoms with van der Waals surface area (Å²) in [5, 5.41) is 0. The van der Waals surface area contributed by atoms with Gasteiger partial charge in [-0.05, 0) is 0 Å². The Labute approximate surface area is 94.3 Å². The van der Waals surface area contributed by atoms with Gasteiger partial charge >= 0.3 is 34.1 Å². The quantitative estimate of drug-likeness (QED) is 0.367. The Morgan fingerprint density at radius 3 is 0.429 bits per heavy atom. The second-order valence-electron chi connectivity index (χ2n) is 0. The van der Waals surface area contributed by atoms with Crippen molar-refractivity contribution in [3.05, 3.63) is 0 Å². The van der Waals surface area contributed by atoms with Crippen LogP contribution in [-0.4, -0.2) is 0 Å². The van der Waals surface area contributed by atoms with Gasteiger partial charge in [0, 0.05) is 44.8 Å². The van der Waals surface area contributed by atoms with Crippen LogP contribution in [0.1, 0.15) is 0 Å². The van der Waals surface area contributed by atoms with Crippen LogP contribution in [-0.2, 0) is 95.3 Å². The molecule has 0 saturated carbocycles. The molecule has 0 aliphatic carbocycles. The third kappa shape index (κ3) is 59.7. The van der Waals surface area contributed by atoms with E-state index in [0.29, 0.717) is 0 Å². The second kappa shape index (κ2) is 79.9. The molecule has 0 bridgehead atoms. The average molecular weight is 554 g/mol. The van der Waals surface area contributed by atoms with E-state index in [0.717, 1.165) is 0 Å².